The van der Waals surface area contributed by atoms with Gasteiger partial charge >= 0.3 is 5.97 Å². The van der Waals surface area contributed by atoms with Crippen molar-refractivity contribution in [3.8, 4) is 11.1 Å². The van der Waals surface area contributed by atoms with Gasteiger partial charge in [0.25, 0.3) is 0 Å². The normalized spacial score (nSPS) is 14.3. The Kier molecular flexibility index (Phi) is 7.19. The fourth-order valence-electron chi connectivity index (χ4n) is 3.51. The first-order chi connectivity index (χ1) is 14.5. The number of rotatable bonds is 6. The number of carbonyl (C=O) groups is 3. The van der Waals surface area contributed by atoms with E-state index in [0.717, 1.165) is 43.9 Å². The van der Waals surface area contributed by atoms with Gasteiger partial charge in [-0.25, -0.2) is 0 Å². The van der Waals surface area contributed by atoms with Crippen LogP contribution in [0.1, 0.15) is 18.9 Å². The van der Waals surface area contributed by atoms with Crippen molar-refractivity contribution < 1.29 is 19.1 Å². The van der Waals surface area contributed by atoms with Crippen molar-refractivity contribution in [1.82, 2.24) is 9.80 Å². The molecule has 1 saturated heterocycles. The molecule has 7 nitrogen and oxygen atoms in total. The Balaban J connectivity index is 1.64. The number of nitrogens with zero attached hydrogens (tertiary/aromatic N) is 2. The van der Waals surface area contributed by atoms with Gasteiger partial charge in [0.1, 0.15) is 6.42 Å². The van der Waals surface area contributed by atoms with Gasteiger partial charge in [-0.3, -0.25) is 19.3 Å². The Morgan fingerprint density at radius 1 is 0.967 bits per heavy atom. The predicted molar refractivity (Wildman–Crippen MR) is 115 cm³/mol. The Morgan fingerprint density at radius 3 is 2.27 bits per heavy atom. The summed E-state index contributed by atoms with van der Waals surface area (Å²) in [5.74, 6) is -0.842. The van der Waals surface area contributed by atoms with Crippen molar-refractivity contribution in [2.24, 2.45) is 0 Å². The van der Waals surface area contributed by atoms with Gasteiger partial charge in [-0.1, -0.05) is 42.5 Å². The molecule has 1 heterocycles. The number of carbonyl (C=O) groups excluding carboxylic acids is 3. The first-order valence-electron chi connectivity index (χ1n) is 9.99. The molecule has 2 aromatic carbocycles. The van der Waals surface area contributed by atoms with Crippen LogP contribution in [0, 0.1) is 0 Å². The monoisotopic (exact) mass is 409 g/mol. The van der Waals surface area contributed by atoms with Crippen molar-refractivity contribution in [2.45, 2.75) is 19.9 Å². The molecule has 158 valence electrons. The number of methoxy groups -OCH3 is 1. The average Bonchev–Trinajstić information content (AvgIpc) is 2.75. The summed E-state index contributed by atoms with van der Waals surface area (Å²) in [5, 5.41) is 2.79. The summed E-state index contributed by atoms with van der Waals surface area (Å²) in [6, 6.07) is 15.7. The molecule has 2 aromatic rings. The van der Waals surface area contributed by atoms with E-state index in [4.69, 9.17) is 0 Å². The van der Waals surface area contributed by atoms with E-state index in [1.165, 1.54) is 12.7 Å². The quantitative estimate of drug-likeness (QED) is 0.586. The molecule has 0 saturated carbocycles. The molecule has 0 atom stereocenters. The summed E-state index contributed by atoms with van der Waals surface area (Å²) in [6.07, 6.45) is -0.319. The third-order valence-corrected chi connectivity index (χ3v) is 5.22. The van der Waals surface area contributed by atoms with Crippen LogP contribution in [0.2, 0.25) is 0 Å². The van der Waals surface area contributed by atoms with Gasteiger partial charge in [0.15, 0.2) is 0 Å². The lowest BCUT2D eigenvalue weighted by atomic mass is 10.0. The molecule has 0 spiro atoms. The van der Waals surface area contributed by atoms with Crippen LogP contribution in [0.3, 0.4) is 0 Å². The maximum Gasteiger partial charge on any atom is 0.315 e. The van der Waals surface area contributed by atoms with Gasteiger partial charge in [-0.05, 0) is 17.2 Å². The molecule has 0 radical (unpaired) electrons. The van der Waals surface area contributed by atoms with Crippen molar-refractivity contribution in [3.05, 3.63) is 54.1 Å². The summed E-state index contributed by atoms with van der Waals surface area (Å²) in [6.45, 7) is 5.73. The first kappa shape index (κ1) is 21.5. The summed E-state index contributed by atoms with van der Waals surface area (Å²) in [4.78, 5) is 39.1. The minimum atomic E-state index is -0.571. The fraction of sp³-hybridized carbons (Fsp3) is 0.348. The van der Waals surface area contributed by atoms with E-state index in [9.17, 15) is 14.4 Å². The van der Waals surface area contributed by atoms with Crippen molar-refractivity contribution in [3.63, 3.8) is 0 Å². The highest BCUT2D eigenvalue weighted by molar-refractivity contribution is 6.03. The summed E-state index contributed by atoms with van der Waals surface area (Å²) < 4.78 is 4.54. The second kappa shape index (κ2) is 10.0. The maximum atomic E-state index is 12.1. The SMILES string of the molecule is COC(=O)CC(=O)Nc1ccccc1-c1ccc(CN2CCN(C(C)=O)CC2)cc1. The van der Waals surface area contributed by atoms with Crippen LogP contribution in [0.5, 0.6) is 0 Å². The van der Waals surface area contributed by atoms with Crippen molar-refractivity contribution in [2.75, 3.05) is 38.6 Å². The number of amides is 2. The van der Waals surface area contributed by atoms with Crippen LogP contribution in [0.15, 0.2) is 48.5 Å². The number of hydrogen-bond donors (Lipinski definition) is 1. The Labute approximate surface area is 176 Å². The number of anilines is 1. The zero-order valence-electron chi connectivity index (χ0n) is 17.4. The standard InChI is InChI=1S/C23H27N3O4/c1-17(27)26-13-11-25(12-14-26)16-18-7-9-19(10-8-18)20-5-3-4-6-21(20)24-22(28)15-23(29)30-2/h3-10H,11-16H2,1-2H3,(H,24,28). The molecule has 1 aliphatic rings. The molecule has 1 N–H and O–H groups in total. The number of para-hydroxylation sites is 1. The molecular weight excluding hydrogens is 382 g/mol. The fourth-order valence-corrected chi connectivity index (χ4v) is 3.51. The van der Waals surface area contributed by atoms with Crippen LogP contribution < -0.4 is 5.32 Å². The van der Waals surface area contributed by atoms with Crippen LogP contribution >= 0.6 is 0 Å². The largest absolute Gasteiger partial charge is 0.469 e. The average molecular weight is 409 g/mol. The van der Waals surface area contributed by atoms with Gasteiger partial charge in [0.05, 0.1) is 7.11 Å². The lowest BCUT2D eigenvalue weighted by Crippen LogP contribution is -2.47. The highest BCUT2D eigenvalue weighted by Gasteiger charge is 2.18. The number of hydrogen-bond acceptors (Lipinski definition) is 5. The summed E-state index contributed by atoms with van der Waals surface area (Å²) in [7, 11) is 1.26. The smallest absolute Gasteiger partial charge is 0.315 e. The van der Waals surface area contributed by atoms with Crippen LogP contribution in [0.25, 0.3) is 11.1 Å². The van der Waals surface area contributed by atoms with Crippen LogP contribution in [0.4, 0.5) is 5.69 Å². The first-order valence-corrected chi connectivity index (χ1v) is 9.99. The third kappa shape index (κ3) is 5.67. The zero-order valence-corrected chi connectivity index (χ0v) is 17.4. The van der Waals surface area contributed by atoms with E-state index in [2.05, 4.69) is 27.1 Å². The van der Waals surface area contributed by atoms with Gasteiger partial charge < -0.3 is 15.0 Å². The molecule has 3 rings (SSSR count). The van der Waals surface area contributed by atoms with E-state index < -0.39 is 11.9 Å². The molecule has 0 bridgehead atoms. The number of benzene rings is 2. The highest BCUT2D eigenvalue weighted by Crippen LogP contribution is 2.28. The molecule has 1 aliphatic heterocycles. The minimum Gasteiger partial charge on any atom is -0.469 e. The topological polar surface area (TPSA) is 79.0 Å². The second-order valence-corrected chi connectivity index (χ2v) is 7.33. The summed E-state index contributed by atoms with van der Waals surface area (Å²) in [5.41, 5.74) is 3.72. The molecule has 2 amide bonds. The van der Waals surface area contributed by atoms with E-state index in [-0.39, 0.29) is 12.3 Å². The summed E-state index contributed by atoms with van der Waals surface area (Å²) >= 11 is 0. The molecule has 0 aliphatic carbocycles. The number of esters is 1. The number of nitrogens with one attached hydrogen (secondary N) is 1. The van der Waals surface area contributed by atoms with Crippen molar-refractivity contribution >= 4 is 23.5 Å². The second-order valence-electron chi connectivity index (χ2n) is 7.33. The number of piperazine rings is 1. The Bertz CT molecular complexity index is 903. The van der Waals surface area contributed by atoms with Crippen molar-refractivity contribution in [1.29, 1.82) is 0 Å². The van der Waals surface area contributed by atoms with Gasteiger partial charge in [-0.2, -0.15) is 0 Å². The molecular formula is C23H27N3O4. The highest BCUT2D eigenvalue weighted by atomic mass is 16.5. The molecule has 30 heavy (non-hydrogen) atoms. The van der Waals surface area contributed by atoms with E-state index in [1.807, 2.05) is 41.3 Å². The minimum absolute atomic E-state index is 0.136. The lowest BCUT2D eigenvalue weighted by molar-refractivity contribution is -0.142. The van der Waals surface area contributed by atoms with Gasteiger partial charge in [0.2, 0.25) is 11.8 Å². The van der Waals surface area contributed by atoms with E-state index >= 15 is 0 Å². The maximum absolute atomic E-state index is 12.1. The molecule has 0 aromatic heterocycles. The van der Waals surface area contributed by atoms with E-state index in [0.29, 0.717) is 5.69 Å². The zero-order chi connectivity index (χ0) is 21.5. The van der Waals surface area contributed by atoms with Gasteiger partial charge in [-0.15, -0.1) is 0 Å². The Hall–Kier alpha value is -3.19. The van der Waals surface area contributed by atoms with Crippen LogP contribution in [-0.4, -0.2) is 60.9 Å². The predicted octanol–water partition coefficient (Wildman–Crippen LogP) is 2.52. The lowest BCUT2D eigenvalue weighted by Gasteiger charge is -2.34. The molecule has 1 fully saturated rings. The third-order valence-electron chi connectivity index (χ3n) is 5.22. The Morgan fingerprint density at radius 2 is 1.63 bits per heavy atom. The number of ether oxygens (including phenoxy) is 1. The van der Waals surface area contributed by atoms with Gasteiger partial charge in [0, 0.05) is 50.9 Å². The molecule has 0 unspecified atom stereocenters. The van der Waals surface area contributed by atoms with Crippen LogP contribution in [-0.2, 0) is 25.7 Å². The molecule has 7 heteroatoms. The van der Waals surface area contributed by atoms with E-state index in [1.54, 1.807) is 6.92 Å².